The Morgan fingerprint density at radius 1 is 1.04 bits per heavy atom. The molecule has 0 spiro atoms. The molecule has 4 aromatic rings. The number of aromatic nitrogens is 2. The van der Waals surface area contributed by atoms with E-state index in [1.807, 2.05) is 66.8 Å². The van der Waals surface area contributed by atoms with Crippen molar-refractivity contribution in [3.8, 4) is 5.75 Å². The number of hydrogen-bond donors (Lipinski definition) is 2. The second-order valence-corrected chi connectivity index (χ2v) is 14.4. The number of nitrogens with zero attached hydrogens (tertiary/aromatic N) is 4. The number of benzene rings is 2. The maximum absolute atomic E-state index is 13.8. The summed E-state index contributed by atoms with van der Waals surface area (Å²) in [4.78, 5) is 39.3. The molecule has 47 heavy (non-hydrogen) atoms. The normalized spacial score (nSPS) is 12.8. The summed E-state index contributed by atoms with van der Waals surface area (Å²) in [6.45, 7) is 6.43. The van der Waals surface area contributed by atoms with Gasteiger partial charge in [-0.05, 0) is 54.7 Å². The Bertz CT molecular complexity index is 1800. The van der Waals surface area contributed by atoms with Crippen molar-refractivity contribution in [1.29, 1.82) is 0 Å². The second-order valence-electron chi connectivity index (χ2n) is 11.9. The molecule has 0 saturated heterocycles. The lowest BCUT2D eigenvalue weighted by atomic mass is 9.99. The van der Waals surface area contributed by atoms with E-state index in [0.29, 0.717) is 6.42 Å². The minimum absolute atomic E-state index is 0.000411. The highest BCUT2D eigenvalue weighted by molar-refractivity contribution is 7.86. The van der Waals surface area contributed by atoms with Crippen LogP contribution in [0.15, 0.2) is 72.4 Å². The molecule has 13 heteroatoms. The van der Waals surface area contributed by atoms with E-state index in [1.54, 1.807) is 13.2 Å². The molecule has 2 heterocycles. The van der Waals surface area contributed by atoms with Gasteiger partial charge in [0.1, 0.15) is 10.8 Å². The third kappa shape index (κ3) is 10.3. The van der Waals surface area contributed by atoms with Crippen molar-refractivity contribution < 1.29 is 27.3 Å². The molecular weight excluding hydrogens is 639 g/mol. The van der Waals surface area contributed by atoms with Crippen LogP contribution in [-0.4, -0.2) is 79.2 Å². The van der Waals surface area contributed by atoms with Crippen LogP contribution in [0.3, 0.4) is 0 Å². The molecule has 2 amide bonds. The standard InChI is InChI=1S/C34H41N5O6S2/c1-22(2)27-14-28(18-35-17-27)38(4)19-31(40)30(12-24-10-8-7-9-11-24)37-33(41)25-13-26(16-29(15-25)45-47(6,43)44)34(42)39(5)20-32-36-23(3)21-46-32/h7-11,13-18,21-22,30-31,40H,12,19-20H2,1-6H3,(H,37,41)/t30-,31+/m0/s1. The van der Waals surface area contributed by atoms with Crippen molar-refractivity contribution in [2.75, 3.05) is 31.8 Å². The number of aliphatic hydroxyl groups is 1. The molecule has 0 unspecified atom stereocenters. The first-order valence-electron chi connectivity index (χ1n) is 15.1. The molecule has 0 saturated carbocycles. The lowest BCUT2D eigenvalue weighted by molar-refractivity contribution is 0.0784. The zero-order valence-corrected chi connectivity index (χ0v) is 29.0. The number of rotatable bonds is 14. The highest BCUT2D eigenvalue weighted by Crippen LogP contribution is 2.23. The van der Waals surface area contributed by atoms with Crippen molar-refractivity contribution >= 4 is 39.0 Å². The Morgan fingerprint density at radius 3 is 2.38 bits per heavy atom. The first-order valence-corrected chi connectivity index (χ1v) is 17.8. The van der Waals surface area contributed by atoms with Crippen molar-refractivity contribution in [1.82, 2.24) is 20.2 Å². The van der Waals surface area contributed by atoms with E-state index in [4.69, 9.17) is 4.18 Å². The van der Waals surface area contributed by atoms with Crippen LogP contribution in [0, 0.1) is 6.92 Å². The number of thiazole rings is 1. The number of carbonyl (C=O) groups excluding carboxylic acids is 2. The number of carbonyl (C=O) groups is 2. The van der Waals surface area contributed by atoms with Crippen LogP contribution in [0.4, 0.5) is 5.69 Å². The summed E-state index contributed by atoms with van der Waals surface area (Å²) in [6.07, 6.45) is 3.72. The van der Waals surface area contributed by atoms with Crippen LogP contribution < -0.4 is 14.4 Å². The fourth-order valence-electron chi connectivity index (χ4n) is 4.93. The van der Waals surface area contributed by atoms with Gasteiger partial charge in [-0.2, -0.15) is 8.42 Å². The van der Waals surface area contributed by atoms with Gasteiger partial charge in [0.2, 0.25) is 0 Å². The van der Waals surface area contributed by atoms with Gasteiger partial charge in [0.25, 0.3) is 11.8 Å². The number of pyridine rings is 1. The summed E-state index contributed by atoms with van der Waals surface area (Å²) in [5.41, 5.74) is 3.68. The van der Waals surface area contributed by atoms with Gasteiger partial charge < -0.3 is 24.4 Å². The van der Waals surface area contributed by atoms with E-state index < -0.39 is 34.1 Å². The van der Waals surface area contributed by atoms with E-state index in [2.05, 4.69) is 29.1 Å². The topological polar surface area (TPSA) is 142 Å². The quantitative estimate of drug-likeness (QED) is 0.185. The molecule has 0 aliphatic carbocycles. The fraction of sp³-hybridized carbons (Fsp3) is 0.353. The van der Waals surface area contributed by atoms with Crippen LogP contribution in [0.1, 0.15) is 62.3 Å². The second kappa shape index (κ2) is 15.5. The minimum atomic E-state index is -3.97. The van der Waals surface area contributed by atoms with E-state index in [0.717, 1.165) is 33.8 Å². The lowest BCUT2D eigenvalue weighted by Gasteiger charge is -2.29. The summed E-state index contributed by atoms with van der Waals surface area (Å²) < 4.78 is 29.2. The predicted octanol–water partition coefficient (Wildman–Crippen LogP) is 4.42. The molecule has 11 nitrogen and oxygen atoms in total. The Kier molecular flexibility index (Phi) is 11.7. The molecule has 0 radical (unpaired) electrons. The number of amides is 2. The van der Waals surface area contributed by atoms with Gasteiger partial charge in [0, 0.05) is 49.0 Å². The molecule has 0 fully saturated rings. The van der Waals surface area contributed by atoms with E-state index in [-0.39, 0.29) is 35.9 Å². The number of aliphatic hydroxyl groups excluding tert-OH is 1. The molecule has 2 N–H and O–H groups in total. The molecule has 2 aromatic heterocycles. The Balaban J connectivity index is 1.61. The third-order valence-electron chi connectivity index (χ3n) is 7.44. The van der Waals surface area contributed by atoms with Crippen LogP contribution >= 0.6 is 11.3 Å². The molecular formula is C34H41N5O6S2. The van der Waals surface area contributed by atoms with Gasteiger partial charge in [0.15, 0.2) is 0 Å². The molecule has 2 aromatic carbocycles. The zero-order valence-electron chi connectivity index (χ0n) is 27.4. The molecule has 4 rings (SSSR count). The minimum Gasteiger partial charge on any atom is -0.389 e. The third-order valence-corrected chi connectivity index (χ3v) is 8.89. The van der Waals surface area contributed by atoms with E-state index >= 15 is 0 Å². The van der Waals surface area contributed by atoms with Crippen molar-refractivity contribution in [3.63, 3.8) is 0 Å². The van der Waals surface area contributed by atoms with Crippen LogP contribution in [0.2, 0.25) is 0 Å². The van der Waals surface area contributed by atoms with Crippen LogP contribution in [0.5, 0.6) is 5.75 Å². The highest BCUT2D eigenvalue weighted by Gasteiger charge is 2.26. The maximum atomic E-state index is 13.8. The molecule has 2 atom stereocenters. The van der Waals surface area contributed by atoms with Gasteiger partial charge in [-0.15, -0.1) is 11.3 Å². The van der Waals surface area contributed by atoms with Gasteiger partial charge in [0.05, 0.1) is 36.8 Å². The largest absolute Gasteiger partial charge is 0.389 e. The number of anilines is 1. The van der Waals surface area contributed by atoms with Crippen molar-refractivity contribution in [2.45, 2.75) is 51.8 Å². The van der Waals surface area contributed by atoms with E-state index in [9.17, 15) is 23.1 Å². The van der Waals surface area contributed by atoms with Gasteiger partial charge in [-0.3, -0.25) is 14.6 Å². The molecule has 250 valence electrons. The van der Waals surface area contributed by atoms with Gasteiger partial charge in [-0.1, -0.05) is 44.2 Å². The van der Waals surface area contributed by atoms with Gasteiger partial charge in [-0.25, -0.2) is 4.98 Å². The number of aryl methyl sites for hydroxylation is 1. The number of nitrogens with one attached hydrogen (secondary N) is 1. The monoisotopic (exact) mass is 679 g/mol. The van der Waals surface area contributed by atoms with Crippen molar-refractivity contribution in [2.24, 2.45) is 0 Å². The summed E-state index contributed by atoms with van der Waals surface area (Å²) in [5.74, 6) is -0.964. The lowest BCUT2D eigenvalue weighted by Crippen LogP contribution is -2.49. The Labute approximate surface area is 280 Å². The Morgan fingerprint density at radius 2 is 1.74 bits per heavy atom. The van der Waals surface area contributed by atoms with Crippen molar-refractivity contribution in [3.05, 3.63) is 105 Å². The van der Waals surface area contributed by atoms with Crippen LogP contribution in [-0.2, 0) is 23.1 Å². The van der Waals surface area contributed by atoms with E-state index in [1.165, 1.54) is 34.4 Å². The highest BCUT2D eigenvalue weighted by atomic mass is 32.2. The average Bonchev–Trinajstić information content (AvgIpc) is 3.43. The SMILES string of the molecule is Cc1csc(CN(C)C(=O)c2cc(OS(C)(=O)=O)cc(C(=O)N[C@@H](Cc3ccccc3)[C@H](O)CN(C)c3cncc(C(C)C)c3)c2)n1. The fourth-order valence-corrected chi connectivity index (χ4v) is 6.20. The average molecular weight is 680 g/mol. The summed E-state index contributed by atoms with van der Waals surface area (Å²) in [7, 11) is -0.528. The summed E-state index contributed by atoms with van der Waals surface area (Å²) >= 11 is 1.42. The van der Waals surface area contributed by atoms with Crippen LogP contribution in [0.25, 0.3) is 0 Å². The number of likely N-dealkylation sites (N-methyl/N-ethyl adjacent to an activating group) is 1. The van der Waals surface area contributed by atoms with Gasteiger partial charge >= 0.3 is 10.1 Å². The smallest absolute Gasteiger partial charge is 0.306 e. The zero-order chi connectivity index (χ0) is 34.3. The summed E-state index contributed by atoms with van der Waals surface area (Å²) in [5, 5.41) is 17.0. The maximum Gasteiger partial charge on any atom is 0.306 e. The molecule has 0 aliphatic rings. The molecule has 0 aliphatic heterocycles. The predicted molar refractivity (Wildman–Crippen MR) is 184 cm³/mol. The summed E-state index contributed by atoms with van der Waals surface area (Å²) in [6, 6.07) is 14.7. The Hall–Kier alpha value is -4.33. The molecule has 0 bridgehead atoms. The first-order chi connectivity index (χ1) is 22.2. The first kappa shape index (κ1) is 35.5. The number of hydrogen-bond acceptors (Lipinski definition) is 10.